The summed E-state index contributed by atoms with van der Waals surface area (Å²) in [5.74, 6) is -2.16. The van der Waals surface area contributed by atoms with Gasteiger partial charge in [0.15, 0.2) is 0 Å². The van der Waals surface area contributed by atoms with Gasteiger partial charge in [0.1, 0.15) is 6.54 Å². The molecule has 5 nitrogen and oxygen atoms in total. The lowest BCUT2D eigenvalue weighted by atomic mass is 9.85. The molecule has 1 aliphatic heterocycles. The number of carbonyl (C=O) groups is 3. The average Bonchev–Trinajstić information content (AvgIpc) is 3.24. The minimum absolute atomic E-state index is 0.0362. The third-order valence-corrected chi connectivity index (χ3v) is 5.34. The van der Waals surface area contributed by atoms with Crippen LogP contribution in [-0.4, -0.2) is 29.2 Å². The van der Waals surface area contributed by atoms with Crippen molar-refractivity contribution >= 4 is 23.4 Å². The molecule has 0 unspecified atom stereocenters. The molecule has 1 N–H and O–H groups in total. The van der Waals surface area contributed by atoms with Crippen LogP contribution in [-0.2, 0) is 20.6 Å². The zero-order chi connectivity index (χ0) is 18.6. The van der Waals surface area contributed by atoms with Gasteiger partial charge in [-0.2, -0.15) is 13.2 Å². The number of halogens is 3. The van der Waals surface area contributed by atoms with Gasteiger partial charge in [-0.05, 0) is 36.5 Å². The first-order valence-electron chi connectivity index (χ1n) is 8.26. The summed E-state index contributed by atoms with van der Waals surface area (Å²) in [6, 6.07) is 4.20. The Morgan fingerprint density at radius 1 is 1.12 bits per heavy atom. The quantitative estimate of drug-likeness (QED) is 0.662. The molecule has 1 saturated carbocycles. The van der Waals surface area contributed by atoms with Gasteiger partial charge in [0.05, 0.1) is 17.4 Å². The maximum Gasteiger partial charge on any atom is 0.416 e. The molecule has 1 saturated heterocycles. The lowest BCUT2D eigenvalue weighted by molar-refractivity contribution is -0.143. The fourth-order valence-corrected chi connectivity index (χ4v) is 4.24. The van der Waals surface area contributed by atoms with E-state index >= 15 is 0 Å². The number of nitrogens with zero attached hydrogens (tertiary/aromatic N) is 1. The number of rotatable bonds is 3. The summed E-state index contributed by atoms with van der Waals surface area (Å²) in [5.41, 5.74) is -0.924. The first-order valence-corrected chi connectivity index (χ1v) is 8.26. The van der Waals surface area contributed by atoms with E-state index in [4.69, 9.17) is 0 Å². The molecule has 2 aliphatic carbocycles. The topological polar surface area (TPSA) is 66.5 Å². The van der Waals surface area contributed by atoms with Gasteiger partial charge in [0.25, 0.3) is 0 Å². The summed E-state index contributed by atoms with van der Waals surface area (Å²) in [6.45, 7) is -0.486. The van der Waals surface area contributed by atoms with Crippen LogP contribution < -0.4 is 5.32 Å². The zero-order valence-electron chi connectivity index (χ0n) is 13.5. The zero-order valence-corrected chi connectivity index (χ0v) is 13.5. The summed E-state index contributed by atoms with van der Waals surface area (Å²) in [5, 5.41) is 2.33. The molecule has 1 aromatic carbocycles. The molecule has 1 heterocycles. The first kappa shape index (κ1) is 16.8. The highest BCUT2D eigenvalue weighted by molar-refractivity contribution is 6.09. The predicted molar refractivity (Wildman–Crippen MR) is 84.5 cm³/mol. The summed E-state index contributed by atoms with van der Waals surface area (Å²) in [7, 11) is 0. The van der Waals surface area contributed by atoms with Crippen LogP contribution in [0.25, 0.3) is 0 Å². The number of benzene rings is 1. The van der Waals surface area contributed by atoms with E-state index in [1.807, 2.05) is 12.2 Å². The molecule has 0 radical (unpaired) electrons. The highest BCUT2D eigenvalue weighted by atomic mass is 19.4. The Bertz CT molecular complexity index is 803. The van der Waals surface area contributed by atoms with Crippen molar-refractivity contribution in [3.63, 3.8) is 0 Å². The van der Waals surface area contributed by atoms with Gasteiger partial charge < -0.3 is 5.32 Å². The maximum absolute atomic E-state index is 12.7. The van der Waals surface area contributed by atoms with Crippen molar-refractivity contribution in [1.82, 2.24) is 4.90 Å². The van der Waals surface area contributed by atoms with Crippen molar-refractivity contribution in [2.45, 2.75) is 12.6 Å². The van der Waals surface area contributed by atoms with Crippen LogP contribution in [0.4, 0.5) is 18.9 Å². The SMILES string of the molecule is O=C(CN1C(=O)[C@@H]2[C@@H](C1=O)[C@H]1C=C[C@H]2C1)Nc1cccc(C(F)(F)F)c1. The standard InChI is InChI=1S/C18H15F3N2O3/c19-18(20,21)11-2-1-3-12(7-11)22-13(24)8-23-16(25)14-9-4-5-10(6-9)15(14)17(23)26/h1-5,7,9-10,14-15H,6,8H2,(H,22,24)/t9-,10-,14-,15-/m0/s1. The molecule has 1 aromatic rings. The fraction of sp³-hybridized carbons (Fsp3) is 0.389. The summed E-state index contributed by atoms with van der Waals surface area (Å²) >= 11 is 0. The molecule has 4 atom stereocenters. The number of hydrogen-bond donors (Lipinski definition) is 1. The van der Waals surface area contributed by atoms with Gasteiger partial charge in [-0.1, -0.05) is 18.2 Å². The third kappa shape index (κ3) is 2.60. The number of carbonyl (C=O) groups excluding carboxylic acids is 3. The second-order valence-corrected chi connectivity index (χ2v) is 6.89. The molecule has 2 bridgehead atoms. The minimum Gasteiger partial charge on any atom is -0.325 e. The number of allylic oxidation sites excluding steroid dienone is 2. The Balaban J connectivity index is 1.45. The molecule has 26 heavy (non-hydrogen) atoms. The second-order valence-electron chi connectivity index (χ2n) is 6.89. The maximum atomic E-state index is 12.7. The largest absolute Gasteiger partial charge is 0.416 e. The lowest BCUT2D eigenvalue weighted by Crippen LogP contribution is -2.39. The molecular weight excluding hydrogens is 349 g/mol. The van der Waals surface area contributed by atoms with Gasteiger partial charge >= 0.3 is 6.18 Å². The molecule has 4 rings (SSSR count). The van der Waals surface area contributed by atoms with Gasteiger partial charge in [0, 0.05) is 5.69 Å². The Morgan fingerprint density at radius 2 is 1.73 bits per heavy atom. The molecular formula is C18H15F3N2O3. The molecule has 0 aromatic heterocycles. The molecule has 136 valence electrons. The van der Waals surface area contributed by atoms with E-state index in [0.717, 1.165) is 23.5 Å². The van der Waals surface area contributed by atoms with Crippen molar-refractivity contribution in [2.75, 3.05) is 11.9 Å². The Morgan fingerprint density at radius 3 is 2.31 bits per heavy atom. The van der Waals surface area contributed by atoms with Crippen LogP contribution in [0, 0.1) is 23.7 Å². The number of anilines is 1. The van der Waals surface area contributed by atoms with Crippen molar-refractivity contribution in [3.05, 3.63) is 42.0 Å². The van der Waals surface area contributed by atoms with Gasteiger partial charge in [-0.25, -0.2) is 0 Å². The number of hydrogen-bond acceptors (Lipinski definition) is 3. The summed E-state index contributed by atoms with van der Waals surface area (Å²) in [4.78, 5) is 38.1. The van der Waals surface area contributed by atoms with E-state index in [2.05, 4.69) is 5.32 Å². The van der Waals surface area contributed by atoms with Crippen LogP contribution in [0.2, 0.25) is 0 Å². The number of fused-ring (bicyclic) bond motifs is 5. The summed E-state index contributed by atoms with van der Waals surface area (Å²) in [6.07, 6.45) is 0.162. The van der Waals surface area contributed by atoms with E-state index in [1.54, 1.807) is 0 Å². The molecule has 3 amide bonds. The van der Waals surface area contributed by atoms with Crippen molar-refractivity contribution < 1.29 is 27.6 Å². The highest BCUT2D eigenvalue weighted by Crippen LogP contribution is 2.52. The number of imide groups is 1. The molecule has 2 fully saturated rings. The lowest BCUT2D eigenvalue weighted by Gasteiger charge is -2.17. The van der Waals surface area contributed by atoms with Crippen molar-refractivity contribution in [1.29, 1.82) is 0 Å². The smallest absolute Gasteiger partial charge is 0.325 e. The normalized spacial score (nSPS) is 29.4. The number of nitrogens with one attached hydrogen (secondary N) is 1. The van der Waals surface area contributed by atoms with Crippen LogP contribution in [0.1, 0.15) is 12.0 Å². The number of likely N-dealkylation sites (tertiary alicyclic amines) is 1. The first-order chi connectivity index (χ1) is 12.3. The van der Waals surface area contributed by atoms with E-state index in [9.17, 15) is 27.6 Å². The number of amides is 3. The Kier molecular flexibility index (Phi) is 3.68. The summed E-state index contributed by atoms with van der Waals surface area (Å²) < 4.78 is 38.2. The van der Waals surface area contributed by atoms with Crippen molar-refractivity contribution in [3.8, 4) is 0 Å². The van der Waals surface area contributed by atoms with E-state index < -0.39 is 36.0 Å². The van der Waals surface area contributed by atoms with Gasteiger partial charge in [-0.3, -0.25) is 19.3 Å². The van der Waals surface area contributed by atoms with Crippen LogP contribution in [0.5, 0.6) is 0 Å². The van der Waals surface area contributed by atoms with Crippen LogP contribution in [0.3, 0.4) is 0 Å². The Labute approximate surface area is 146 Å². The van der Waals surface area contributed by atoms with Gasteiger partial charge in [0.2, 0.25) is 17.7 Å². The highest BCUT2D eigenvalue weighted by Gasteiger charge is 2.59. The van der Waals surface area contributed by atoms with E-state index in [1.165, 1.54) is 12.1 Å². The van der Waals surface area contributed by atoms with Crippen LogP contribution >= 0.6 is 0 Å². The fourth-order valence-electron chi connectivity index (χ4n) is 4.24. The minimum atomic E-state index is -4.52. The van der Waals surface area contributed by atoms with Crippen LogP contribution in [0.15, 0.2) is 36.4 Å². The van der Waals surface area contributed by atoms with E-state index in [-0.39, 0.29) is 29.3 Å². The average molecular weight is 364 g/mol. The van der Waals surface area contributed by atoms with Crippen molar-refractivity contribution in [2.24, 2.45) is 23.7 Å². The molecule has 3 aliphatic rings. The molecule has 8 heteroatoms. The van der Waals surface area contributed by atoms with Gasteiger partial charge in [-0.15, -0.1) is 0 Å². The second kappa shape index (κ2) is 5.69. The predicted octanol–water partition coefficient (Wildman–Crippen LogP) is 2.45. The van der Waals surface area contributed by atoms with E-state index in [0.29, 0.717) is 0 Å². The molecule has 0 spiro atoms. The Hall–Kier alpha value is -2.64. The number of alkyl halides is 3. The third-order valence-electron chi connectivity index (χ3n) is 5.34. The monoisotopic (exact) mass is 364 g/mol.